The van der Waals surface area contributed by atoms with Gasteiger partial charge < -0.3 is 19.9 Å². The maximum absolute atomic E-state index is 12.5. The molecular formula is C28H30N6O2. The number of imidazole rings is 1. The predicted molar refractivity (Wildman–Crippen MR) is 140 cm³/mol. The zero-order chi connectivity index (χ0) is 24.5. The Balaban J connectivity index is 1.18. The van der Waals surface area contributed by atoms with E-state index in [4.69, 9.17) is 9.72 Å². The first-order valence-electron chi connectivity index (χ1n) is 12.6. The molecule has 0 spiro atoms. The molecule has 2 aliphatic heterocycles. The van der Waals surface area contributed by atoms with E-state index in [-0.39, 0.29) is 11.9 Å². The van der Waals surface area contributed by atoms with Gasteiger partial charge in [-0.15, -0.1) is 0 Å². The molecule has 0 aliphatic carbocycles. The number of anilines is 1. The molecule has 0 radical (unpaired) electrons. The van der Waals surface area contributed by atoms with Crippen molar-refractivity contribution in [1.29, 1.82) is 0 Å². The molecule has 1 aromatic carbocycles. The molecule has 0 atom stereocenters. The van der Waals surface area contributed by atoms with Gasteiger partial charge in [0.25, 0.3) is 0 Å². The van der Waals surface area contributed by atoms with Crippen LogP contribution in [-0.2, 0) is 9.53 Å². The standard InChI is InChI=1S/C28H30N6O2/c1-18-3-2-4-25(33-18)27-26(31-17-32-27)21-5-6-24-22(11-21)12-23(15-30-24)34-9-7-20(8-10-34)28(35)36-16-19-13-29-14-19/h2-6,11-12,15,17,19-20,29H,7-10,13-14,16H2,1H3,(H,31,32). The third-order valence-electron chi connectivity index (χ3n) is 7.24. The lowest BCUT2D eigenvalue weighted by molar-refractivity contribution is -0.151. The molecule has 184 valence electrons. The first-order chi connectivity index (χ1) is 17.6. The zero-order valence-electron chi connectivity index (χ0n) is 20.4. The SMILES string of the molecule is Cc1cccc(-c2[nH]cnc2-c2ccc3ncc(N4CCC(C(=O)OCC5CNC5)CC4)cc3c2)n1. The van der Waals surface area contributed by atoms with Gasteiger partial charge in [-0.05, 0) is 50.1 Å². The van der Waals surface area contributed by atoms with E-state index in [1.165, 1.54) is 0 Å². The number of aromatic amines is 1. The van der Waals surface area contributed by atoms with Crippen molar-refractivity contribution in [2.45, 2.75) is 19.8 Å². The normalized spacial score (nSPS) is 16.8. The Labute approximate surface area is 210 Å². The molecule has 36 heavy (non-hydrogen) atoms. The van der Waals surface area contributed by atoms with Gasteiger partial charge in [-0.2, -0.15) is 0 Å². The van der Waals surface area contributed by atoms with Crippen LogP contribution in [0.15, 0.2) is 55.0 Å². The van der Waals surface area contributed by atoms with Crippen molar-refractivity contribution in [3.05, 3.63) is 60.7 Å². The quantitative estimate of drug-likeness (QED) is 0.402. The highest BCUT2D eigenvalue weighted by Gasteiger charge is 2.28. The molecule has 0 bridgehead atoms. The van der Waals surface area contributed by atoms with E-state index in [0.29, 0.717) is 12.5 Å². The molecule has 8 nitrogen and oxygen atoms in total. The minimum absolute atomic E-state index is 0.0115. The third kappa shape index (κ3) is 4.56. The van der Waals surface area contributed by atoms with Crippen LogP contribution in [0.4, 0.5) is 5.69 Å². The van der Waals surface area contributed by atoms with Gasteiger partial charge in [-0.3, -0.25) is 14.8 Å². The molecule has 0 unspecified atom stereocenters. The van der Waals surface area contributed by atoms with E-state index in [0.717, 1.165) is 84.0 Å². The average Bonchev–Trinajstić information content (AvgIpc) is 3.37. The Morgan fingerprint density at radius 3 is 2.75 bits per heavy atom. The summed E-state index contributed by atoms with van der Waals surface area (Å²) in [5.41, 5.74) is 6.66. The van der Waals surface area contributed by atoms with Gasteiger partial charge in [-0.1, -0.05) is 12.1 Å². The lowest BCUT2D eigenvalue weighted by atomic mass is 9.96. The molecule has 4 aromatic rings. The highest BCUT2D eigenvalue weighted by Crippen LogP contribution is 2.32. The van der Waals surface area contributed by atoms with Gasteiger partial charge in [0, 0.05) is 48.7 Å². The van der Waals surface area contributed by atoms with E-state index in [2.05, 4.69) is 43.4 Å². The van der Waals surface area contributed by atoms with Crippen LogP contribution < -0.4 is 10.2 Å². The summed E-state index contributed by atoms with van der Waals surface area (Å²) in [6.07, 6.45) is 5.26. The first kappa shape index (κ1) is 22.7. The number of piperidine rings is 1. The fourth-order valence-electron chi connectivity index (χ4n) is 4.99. The van der Waals surface area contributed by atoms with Gasteiger partial charge in [0.1, 0.15) is 0 Å². The summed E-state index contributed by atoms with van der Waals surface area (Å²) in [6, 6.07) is 14.4. The molecule has 2 N–H and O–H groups in total. The minimum atomic E-state index is -0.0410. The summed E-state index contributed by atoms with van der Waals surface area (Å²) in [6.45, 7) is 6.07. The summed E-state index contributed by atoms with van der Waals surface area (Å²) in [5.74, 6) is 0.427. The van der Waals surface area contributed by atoms with Crippen LogP contribution in [0.3, 0.4) is 0 Å². The molecule has 3 aromatic heterocycles. The van der Waals surface area contributed by atoms with Crippen molar-refractivity contribution in [3.8, 4) is 22.6 Å². The summed E-state index contributed by atoms with van der Waals surface area (Å²) in [5, 5.41) is 4.27. The molecule has 2 saturated heterocycles. The van der Waals surface area contributed by atoms with E-state index in [1.807, 2.05) is 37.4 Å². The Bertz CT molecular complexity index is 1390. The lowest BCUT2D eigenvalue weighted by Crippen LogP contribution is -2.45. The zero-order valence-corrected chi connectivity index (χ0v) is 20.4. The van der Waals surface area contributed by atoms with E-state index in [9.17, 15) is 4.79 Å². The van der Waals surface area contributed by atoms with Crippen molar-refractivity contribution >= 4 is 22.6 Å². The molecule has 8 heteroatoms. The topological polar surface area (TPSA) is 96.0 Å². The van der Waals surface area contributed by atoms with Crippen molar-refractivity contribution in [3.63, 3.8) is 0 Å². The smallest absolute Gasteiger partial charge is 0.309 e. The van der Waals surface area contributed by atoms with Crippen LogP contribution in [0, 0.1) is 18.8 Å². The number of carbonyl (C=O) groups is 1. The van der Waals surface area contributed by atoms with Crippen molar-refractivity contribution in [1.82, 2.24) is 25.3 Å². The number of hydrogen-bond donors (Lipinski definition) is 2. The molecule has 2 fully saturated rings. The van der Waals surface area contributed by atoms with Gasteiger partial charge in [0.05, 0.1) is 53.3 Å². The number of aryl methyl sites for hydroxylation is 1. The average molecular weight is 483 g/mol. The van der Waals surface area contributed by atoms with E-state index >= 15 is 0 Å². The Kier molecular flexibility index (Phi) is 6.11. The first-order valence-corrected chi connectivity index (χ1v) is 12.6. The maximum Gasteiger partial charge on any atom is 0.309 e. The van der Waals surface area contributed by atoms with Crippen molar-refractivity contribution in [2.75, 3.05) is 37.7 Å². The number of H-pyrrole nitrogens is 1. The molecular weight excluding hydrogens is 452 g/mol. The summed E-state index contributed by atoms with van der Waals surface area (Å²) >= 11 is 0. The van der Waals surface area contributed by atoms with Gasteiger partial charge in [0.2, 0.25) is 0 Å². The second-order valence-electron chi connectivity index (χ2n) is 9.81. The molecule has 5 heterocycles. The van der Waals surface area contributed by atoms with Gasteiger partial charge in [-0.25, -0.2) is 4.98 Å². The third-order valence-corrected chi connectivity index (χ3v) is 7.24. The number of aromatic nitrogens is 4. The van der Waals surface area contributed by atoms with Crippen LogP contribution in [-0.4, -0.2) is 58.7 Å². The number of nitrogens with zero attached hydrogens (tertiary/aromatic N) is 4. The Morgan fingerprint density at radius 2 is 1.97 bits per heavy atom. The molecule has 6 rings (SSSR count). The van der Waals surface area contributed by atoms with E-state index < -0.39 is 0 Å². The van der Waals surface area contributed by atoms with Crippen molar-refractivity contribution in [2.24, 2.45) is 11.8 Å². The molecule has 2 aliphatic rings. The highest BCUT2D eigenvalue weighted by atomic mass is 16.5. The maximum atomic E-state index is 12.5. The van der Waals surface area contributed by atoms with Crippen LogP contribution in [0.1, 0.15) is 18.5 Å². The largest absolute Gasteiger partial charge is 0.465 e. The fraction of sp³-hybridized carbons (Fsp3) is 0.357. The summed E-state index contributed by atoms with van der Waals surface area (Å²) in [7, 11) is 0. The number of benzene rings is 1. The number of rotatable bonds is 6. The Morgan fingerprint density at radius 1 is 1.11 bits per heavy atom. The number of pyridine rings is 2. The fourth-order valence-corrected chi connectivity index (χ4v) is 4.99. The number of hydrogen-bond acceptors (Lipinski definition) is 7. The van der Waals surface area contributed by atoms with E-state index in [1.54, 1.807) is 6.33 Å². The minimum Gasteiger partial charge on any atom is -0.465 e. The number of nitrogens with one attached hydrogen (secondary N) is 2. The van der Waals surface area contributed by atoms with Crippen LogP contribution in [0.5, 0.6) is 0 Å². The van der Waals surface area contributed by atoms with Crippen LogP contribution in [0.25, 0.3) is 33.5 Å². The number of esters is 1. The van der Waals surface area contributed by atoms with Gasteiger partial charge >= 0.3 is 5.97 Å². The second kappa shape index (κ2) is 9.70. The Hall–Kier alpha value is -3.78. The molecule has 0 saturated carbocycles. The number of carbonyl (C=O) groups excluding carboxylic acids is 1. The monoisotopic (exact) mass is 482 g/mol. The summed E-state index contributed by atoms with van der Waals surface area (Å²) < 4.78 is 5.56. The highest BCUT2D eigenvalue weighted by molar-refractivity contribution is 5.88. The van der Waals surface area contributed by atoms with Crippen LogP contribution in [0.2, 0.25) is 0 Å². The molecule has 0 amide bonds. The number of fused-ring (bicyclic) bond motifs is 1. The predicted octanol–water partition coefficient (Wildman–Crippen LogP) is 3.97. The van der Waals surface area contributed by atoms with Crippen molar-refractivity contribution < 1.29 is 9.53 Å². The van der Waals surface area contributed by atoms with Gasteiger partial charge in [0.15, 0.2) is 0 Å². The second-order valence-corrected chi connectivity index (χ2v) is 9.81. The number of ether oxygens (including phenoxy) is 1. The lowest BCUT2D eigenvalue weighted by Gasteiger charge is -2.33. The van der Waals surface area contributed by atoms with Crippen LogP contribution >= 0.6 is 0 Å². The summed E-state index contributed by atoms with van der Waals surface area (Å²) in [4.78, 5) is 32.0.